The molecule has 0 saturated carbocycles. The third-order valence-electron chi connectivity index (χ3n) is 5.39. The lowest BCUT2D eigenvalue weighted by Gasteiger charge is -2.39. The molecule has 29 heavy (non-hydrogen) atoms. The SMILES string of the molecule is Cc1nc2ccccn2c1CN1CCO[C@@]2(CO[C@H](C(=O)NCC(F)(F)F)C2)C1. The van der Waals surface area contributed by atoms with E-state index >= 15 is 0 Å². The fourth-order valence-corrected chi connectivity index (χ4v) is 4.01. The Morgan fingerprint density at radius 2 is 2.24 bits per heavy atom. The molecule has 10 heteroatoms. The molecule has 2 atom stereocenters. The van der Waals surface area contributed by atoms with Gasteiger partial charge in [0.05, 0.1) is 24.6 Å². The third kappa shape index (κ3) is 4.39. The molecule has 0 aromatic carbocycles. The van der Waals surface area contributed by atoms with Gasteiger partial charge in [0.25, 0.3) is 0 Å². The van der Waals surface area contributed by atoms with Crippen LogP contribution in [0.3, 0.4) is 0 Å². The smallest absolute Gasteiger partial charge is 0.370 e. The number of amides is 1. The van der Waals surface area contributed by atoms with Crippen molar-refractivity contribution in [3.05, 3.63) is 35.8 Å². The highest BCUT2D eigenvalue weighted by Crippen LogP contribution is 2.32. The van der Waals surface area contributed by atoms with Gasteiger partial charge in [-0.05, 0) is 19.1 Å². The monoisotopic (exact) mass is 412 g/mol. The molecular formula is C19H23F3N4O3. The van der Waals surface area contributed by atoms with Gasteiger partial charge in [0.2, 0.25) is 5.91 Å². The number of carbonyl (C=O) groups excluding carboxylic acids is 1. The molecule has 4 rings (SSSR count). The lowest BCUT2D eigenvalue weighted by molar-refractivity contribution is -0.143. The van der Waals surface area contributed by atoms with Gasteiger partial charge < -0.3 is 19.2 Å². The highest BCUT2D eigenvalue weighted by molar-refractivity contribution is 5.81. The van der Waals surface area contributed by atoms with Gasteiger partial charge in [0.15, 0.2) is 0 Å². The van der Waals surface area contributed by atoms with Gasteiger partial charge in [-0.2, -0.15) is 13.2 Å². The molecule has 1 spiro atoms. The summed E-state index contributed by atoms with van der Waals surface area (Å²) in [5.41, 5.74) is 2.22. The third-order valence-corrected chi connectivity index (χ3v) is 5.39. The normalized spacial score (nSPS) is 25.7. The highest BCUT2D eigenvalue weighted by atomic mass is 19.4. The summed E-state index contributed by atoms with van der Waals surface area (Å²) in [6.07, 6.45) is -3.18. The minimum absolute atomic E-state index is 0.180. The van der Waals surface area contributed by atoms with Crippen molar-refractivity contribution in [2.24, 2.45) is 0 Å². The molecule has 7 nitrogen and oxygen atoms in total. The van der Waals surface area contributed by atoms with E-state index in [1.165, 1.54) is 0 Å². The molecular weight excluding hydrogens is 389 g/mol. The summed E-state index contributed by atoms with van der Waals surface area (Å²) in [5.74, 6) is -0.752. The summed E-state index contributed by atoms with van der Waals surface area (Å²) in [5, 5.41) is 1.89. The number of imidazole rings is 1. The first kappa shape index (κ1) is 20.1. The number of nitrogens with zero attached hydrogens (tertiary/aromatic N) is 3. The number of alkyl halides is 3. The number of nitrogens with one attached hydrogen (secondary N) is 1. The van der Waals surface area contributed by atoms with Crippen molar-refractivity contribution >= 4 is 11.6 Å². The first-order chi connectivity index (χ1) is 13.7. The van der Waals surface area contributed by atoms with Crippen LogP contribution in [0.4, 0.5) is 13.2 Å². The molecule has 0 aliphatic carbocycles. The lowest BCUT2D eigenvalue weighted by Crippen LogP contribution is -2.52. The summed E-state index contributed by atoms with van der Waals surface area (Å²) >= 11 is 0. The first-order valence-corrected chi connectivity index (χ1v) is 9.50. The summed E-state index contributed by atoms with van der Waals surface area (Å²) in [7, 11) is 0. The Kier molecular flexibility index (Phi) is 5.26. The van der Waals surface area contributed by atoms with Crippen LogP contribution < -0.4 is 5.32 Å². The van der Waals surface area contributed by atoms with E-state index in [0.29, 0.717) is 26.2 Å². The van der Waals surface area contributed by atoms with E-state index in [-0.39, 0.29) is 13.0 Å². The Morgan fingerprint density at radius 1 is 1.41 bits per heavy atom. The standard InChI is InChI=1S/C19H23F3N4O3/c1-13-14(26-5-3-2-4-16(26)24-13)9-25-6-7-29-18(11-25)8-15(28-12-18)17(27)23-10-19(20,21)22/h2-5,15H,6-12H2,1H3,(H,23,27)/t15-,18+/m0/s1. The van der Waals surface area contributed by atoms with E-state index in [1.54, 1.807) is 0 Å². The van der Waals surface area contributed by atoms with Crippen LogP contribution in [0.5, 0.6) is 0 Å². The molecule has 0 unspecified atom stereocenters. The van der Waals surface area contributed by atoms with Crippen LogP contribution in [0.15, 0.2) is 24.4 Å². The van der Waals surface area contributed by atoms with Crippen molar-refractivity contribution in [2.75, 3.05) is 32.8 Å². The van der Waals surface area contributed by atoms with E-state index in [2.05, 4.69) is 14.3 Å². The van der Waals surface area contributed by atoms with Gasteiger partial charge in [0, 0.05) is 32.3 Å². The van der Waals surface area contributed by atoms with Crippen molar-refractivity contribution in [1.82, 2.24) is 19.6 Å². The quantitative estimate of drug-likeness (QED) is 0.828. The lowest BCUT2D eigenvalue weighted by atomic mass is 9.97. The molecule has 158 valence electrons. The predicted molar refractivity (Wildman–Crippen MR) is 97.3 cm³/mol. The van der Waals surface area contributed by atoms with Gasteiger partial charge >= 0.3 is 6.18 Å². The molecule has 0 radical (unpaired) electrons. The molecule has 0 bridgehead atoms. The maximum absolute atomic E-state index is 12.3. The maximum atomic E-state index is 12.3. The first-order valence-electron chi connectivity index (χ1n) is 9.50. The van der Waals surface area contributed by atoms with Crippen LogP contribution in [0.2, 0.25) is 0 Å². The van der Waals surface area contributed by atoms with Crippen LogP contribution in [0, 0.1) is 6.92 Å². The molecule has 2 aromatic heterocycles. The van der Waals surface area contributed by atoms with Crippen molar-refractivity contribution in [3.8, 4) is 0 Å². The van der Waals surface area contributed by atoms with Crippen LogP contribution in [0.25, 0.3) is 5.65 Å². The summed E-state index contributed by atoms with van der Waals surface area (Å²) in [6.45, 7) is 3.17. The number of fused-ring (bicyclic) bond motifs is 1. The zero-order valence-electron chi connectivity index (χ0n) is 16.0. The largest absolute Gasteiger partial charge is 0.405 e. The van der Waals surface area contributed by atoms with Gasteiger partial charge in [0.1, 0.15) is 23.9 Å². The summed E-state index contributed by atoms with van der Waals surface area (Å²) in [6, 6.07) is 5.84. The van der Waals surface area contributed by atoms with Gasteiger partial charge in [-0.3, -0.25) is 9.69 Å². The number of morpholine rings is 1. The van der Waals surface area contributed by atoms with E-state index in [9.17, 15) is 18.0 Å². The minimum Gasteiger partial charge on any atom is -0.370 e. The van der Waals surface area contributed by atoms with Crippen LogP contribution in [-0.4, -0.2) is 70.9 Å². The molecule has 1 N–H and O–H groups in total. The molecule has 1 amide bonds. The van der Waals surface area contributed by atoms with E-state index < -0.39 is 30.3 Å². The molecule has 2 fully saturated rings. The average molecular weight is 412 g/mol. The van der Waals surface area contributed by atoms with E-state index in [1.807, 2.05) is 36.6 Å². The van der Waals surface area contributed by atoms with Gasteiger partial charge in [-0.1, -0.05) is 6.07 Å². The molecule has 2 aromatic rings. The van der Waals surface area contributed by atoms with Crippen LogP contribution >= 0.6 is 0 Å². The van der Waals surface area contributed by atoms with Crippen molar-refractivity contribution in [1.29, 1.82) is 0 Å². The topological polar surface area (TPSA) is 68.1 Å². The Bertz CT molecular complexity index is 900. The van der Waals surface area contributed by atoms with Gasteiger partial charge in [-0.25, -0.2) is 4.98 Å². The average Bonchev–Trinajstić information content (AvgIpc) is 3.21. The van der Waals surface area contributed by atoms with E-state index in [4.69, 9.17) is 9.47 Å². The number of ether oxygens (including phenoxy) is 2. The van der Waals surface area contributed by atoms with Crippen LogP contribution in [0.1, 0.15) is 17.8 Å². The fraction of sp³-hybridized carbons (Fsp3) is 0.579. The van der Waals surface area contributed by atoms with Crippen molar-refractivity contribution < 1.29 is 27.4 Å². The number of pyridine rings is 1. The number of carbonyl (C=O) groups is 1. The number of aryl methyl sites for hydroxylation is 1. The summed E-state index contributed by atoms with van der Waals surface area (Å²) < 4.78 is 50.5. The second-order valence-electron chi connectivity index (χ2n) is 7.65. The Morgan fingerprint density at radius 3 is 3.03 bits per heavy atom. The molecule has 2 aliphatic rings. The zero-order valence-corrected chi connectivity index (χ0v) is 16.0. The van der Waals surface area contributed by atoms with Crippen molar-refractivity contribution in [2.45, 2.75) is 37.8 Å². The number of halogens is 3. The zero-order chi connectivity index (χ0) is 20.6. The van der Waals surface area contributed by atoms with Crippen LogP contribution in [-0.2, 0) is 20.8 Å². The number of hydrogen-bond donors (Lipinski definition) is 1. The number of hydrogen-bond acceptors (Lipinski definition) is 5. The highest BCUT2D eigenvalue weighted by Gasteiger charge is 2.47. The second-order valence-corrected chi connectivity index (χ2v) is 7.65. The Labute approximate surface area is 165 Å². The Hall–Kier alpha value is -2.17. The minimum atomic E-state index is -4.45. The number of rotatable bonds is 4. The molecule has 2 saturated heterocycles. The number of aromatic nitrogens is 2. The summed E-state index contributed by atoms with van der Waals surface area (Å²) in [4.78, 5) is 18.8. The van der Waals surface area contributed by atoms with Gasteiger partial charge in [-0.15, -0.1) is 0 Å². The van der Waals surface area contributed by atoms with E-state index in [0.717, 1.165) is 17.0 Å². The molecule has 2 aliphatic heterocycles. The maximum Gasteiger partial charge on any atom is 0.405 e. The second kappa shape index (κ2) is 7.58. The predicted octanol–water partition coefficient (Wildman–Crippen LogP) is 1.68. The molecule has 4 heterocycles. The fourth-order valence-electron chi connectivity index (χ4n) is 4.01. The van der Waals surface area contributed by atoms with Crippen molar-refractivity contribution in [3.63, 3.8) is 0 Å². The Balaban J connectivity index is 1.41.